The van der Waals surface area contributed by atoms with E-state index < -0.39 is 5.60 Å². The molecular weight excluding hydrogens is 404 g/mol. The summed E-state index contributed by atoms with van der Waals surface area (Å²) in [6, 6.07) is 0. The normalized spacial score (nSPS) is 15.2. The number of aliphatic hydroxyl groups is 2. The average molecular weight is 455 g/mol. The van der Waals surface area contributed by atoms with Crippen molar-refractivity contribution in [3.8, 4) is 0 Å². The molecule has 0 fully saturated rings. The van der Waals surface area contributed by atoms with E-state index in [1.54, 1.807) is 0 Å². The number of hydrogen-bond acceptors (Lipinski definition) is 2. The number of benzene rings is 1. The zero-order chi connectivity index (χ0) is 25.2. The second kappa shape index (κ2) is 13.9. The molecule has 0 saturated carbocycles. The van der Waals surface area contributed by atoms with Gasteiger partial charge < -0.3 is 10.2 Å². The third-order valence-corrected chi connectivity index (χ3v) is 7.56. The molecule has 1 unspecified atom stereocenters. The van der Waals surface area contributed by atoms with Crippen LogP contribution in [0.2, 0.25) is 0 Å². The molecule has 0 amide bonds. The van der Waals surface area contributed by atoms with Gasteiger partial charge in [-0.2, -0.15) is 0 Å². The van der Waals surface area contributed by atoms with Crippen molar-refractivity contribution in [1.82, 2.24) is 0 Å². The van der Waals surface area contributed by atoms with E-state index in [2.05, 4.69) is 66.7 Å². The summed E-state index contributed by atoms with van der Waals surface area (Å²) in [5, 5.41) is 20.0. The summed E-state index contributed by atoms with van der Waals surface area (Å²) >= 11 is 0. The first-order valence-electron chi connectivity index (χ1n) is 12.8. The molecule has 1 atom stereocenters. The molecule has 2 nitrogen and oxygen atoms in total. The fourth-order valence-electron chi connectivity index (χ4n) is 4.46. The Hall–Kier alpha value is -1.64. The van der Waals surface area contributed by atoms with Crippen LogP contribution in [0.5, 0.6) is 0 Å². The van der Waals surface area contributed by atoms with E-state index in [1.165, 1.54) is 44.5 Å². The minimum absolute atomic E-state index is 0.157. The highest BCUT2D eigenvalue weighted by Gasteiger charge is 2.21. The molecule has 0 spiro atoms. The Kier molecular flexibility index (Phi) is 12.4. The molecule has 186 valence electrons. The van der Waals surface area contributed by atoms with Gasteiger partial charge >= 0.3 is 0 Å². The van der Waals surface area contributed by atoms with Crippen molar-refractivity contribution >= 4 is 0 Å². The van der Waals surface area contributed by atoms with E-state index in [-0.39, 0.29) is 6.61 Å². The average Bonchev–Trinajstić information content (AvgIpc) is 2.76. The largest absolute Gasteiger partial charge is 0.392 e. The summed E-state index contributed by atoms with van der Waals surface area (Å²) in [4.78, 5) is 0. The quantitative estimate of drug-likeness (QED) is 0.296. The fraction of sp³-hybridized carbons (Fsp3) is 0.613. The van der Waals surface area contributed by atoms with Gasteiger partial charge in [0.25, 0.3) is 0 Å². The molecule has 0 saturated heterocycles. The zero-order valence-corrected chi connectivity index (χ0v) is 23.0. The molecule has 2 N–H and O–H groups in total. The van der Waals surface area contributed by atoms with Gasteiger partial charge in [0.1, 0.15) is 0 Å². The minimum Gasteiger partial charge on any atom is -0.392 e. The Labute approximate surface area is 204 Å². The van der Waals surface area contributed by atoms with Crippen LogP contribution in [0.1, 0.15) is 106 Å². The van der Waals surface area contributed by atoms with Crippen LogP contribution in [0.3, 0.4) is 0 Å². The minimum atomic E-state index is -0.640. The van der Waals surface area contributed by atoms with Crippen molar-refractivity contribution in [2.45, 2.75) is 119 Å². The molecule has 0 bridgehead atoms. The topological polar surface area (TPSA) is 40.5 Å². The highest BCUT2D eigenvalue weighted by Crippen LogP contribution is 2.29. The number of allylic oxidation sites excluding steroid dienone is 5. The van der Waals surface area contributed by atoms with Gasteiger partial charge in [-0.1, -0.05) is 34.9 Å². The highest BCUT2D eigenvalue weighted by atomic mass is 16.3. The SMILES string of the molecule is C/C(=C\CC/C(C)=C/CC/C(C)=C/CCC(C)(O)CCc1c(C)c(C)c(C)c(C)c1C)CO. The molecule has 2 heteroatoms. The molecule has 1 aromatic carbocycles. The van der Waals surface area contributed by atoms with Gasteiger partial charge in [-0.05, 0) is 147 Å². The Balaban J connectivity index is 2.51. The van der Waals surface area contributed by atoms with E-state index in [9.17, 15) is 5.11 Å². The fourth-order valence-corrected chi connectivity index (χ4v) is 4.46. The maximum Gasteiger partial charge on any atom is 0.0639 e. The van der Waals surface area contributed by atoms with Gasteiger partial charge in [0, 0.05) is 0 Å². The Morgan fingerprint density at radius 3 is 1.58 bits per heavy atom. The summed E-state index contributed by atoms with van der Waals surface area (Å²) in [6.07, 6.45) is 14.4. The molecule has 1 aromatic rings. The Morgan fingerprint density at radius 2 is 1.09 bits per heavy atom. The van der Waals surface area contributed by atoms with Crippen LogP contribution in [0, 0.1) is 34.6 Å². The first kappa shape index (κ1) is 29.4. The third-order valence-electron chi connectivity index (χ3n) is 7.56. The van der Waals surface area contributed by atoms with Crippen LogP contribution in [0.4, 0.5) is 0 Å². The second-order valence-electron chi connectivity index (χ2n) is 10.5. The van der Waals surface area contributed by atoms with Crippen LogP contribution >= 0.6 is 0 Å². The number of rotatable bonds is 13. The lowest BCUT2D eigenvalue weighted by molar-refractivity contribution is 0.0432. The van der Waals surface area contributed by atoms with Crippen LogP contribution in [0.15, 0.2) is 34.9 Å². The van der Waals surface area contributed by atoms with Crippen molar-refractivity contribution in [2.24, 2.45) is 0 Å². The van der Waals surface area contributed by atoms with Crippen molar-refractivity contribution in [2.75, 3.05) is 6.61 Å². The first-order valence-corrected chi connectivity index (χ1v) is 12.8. The summed E-state index contributed by atoms with van der Waals surface area (Å²) in [7, 11) is 0. The summed E-state index contributed by atoms with van der Waals surface area (Å²) in [5.74, 6) is 0. The van der Waals surface area contributed by atoms with Gasteiger partial charge in [0.05, 0.1) is 12.2 Å². The molecule has 33 heavy (non-hydrogen) atoms. The highest BCUT2D eigenvalue weighted by molar-refractivity contribution is 5.49. The zero-order valence-electron chi connectivity index (χ0n) is 23.0. The maximum absolute atomic E-state index is 11.0. The molecule has 0 aliphatic rings. The predicted molar refractivity (Wildman–Crippen MR) is 145 cm³/mol. The van der Waals surface area contributed by atoms with Crippen LogP contribution in [-0.4, -0.2) is 22.4 Å². The first-order chi connectivity index (χ1) is 15.4. The summed E-state index contributed by atoms with van der Waals surface area (Å²) in [6.45, 7) is 19.6. The lowest BCUT2D eigenvalue weighted by atomic mass is 9.84. The van der Waals surface area contributed by atoms with Gasteiger partial charge in [-0.3, -0.25) is 0 Å². The van der Waals surface area contributed by atoms with E-state index >= 15 is 0 Å². The van der Waals surface area contributed by atoms with Gasteiger partial charge in [-0.25, -0.2) is 0 Å². The van der Waals surface area contributed by atoms with E-state index in [4.69, 9.17) is 5.11 Å². The van der Waals surface area contributed by atoms with Crippen molar-refractivity contribution in [1.29, 1.82) is 0 Å². The molecule has 0 aliphatic heterocycles. The van der Waals surface area contributed by atoms with E-state index in [0.717, 1.165) is 56.9 Å². The molecule has 0 heterocycles. The van der Waals surface area contributed by atoms with Crippen LogP contribution < -0.4 is 0 Å². The number of aliphatic hydroxyl groups excluding tert-OH is 1. The van der Waals surface area contributed by atoms with E-state index in [0.29, 0.717) is 0 Å². The molecule has 1 rings (SSSR count). The summed E-state index contributed by atoms with van der Waals surface area (Å²) < 4.78 is 0. The van der Waals surface area contributed by atoms with Crippen LogP contribution in [0.25, 0.3) is 0 Å². The summed E-state index contributed by atoms with van der Waals surface area (Å²) in [5.41, 5.74) is 11.6. The maximum atomic E-state index is 11.0. The standard InChI is InChI=1S/C31H50O2/c1-22(15-11-16-24(3)21-32)13-10-14-23(2)17-12-19-31(9,33)20-18-30-28(7)26(5)25(4)27(6)29(30)8/h13,16-17,32-33H,10-12,14-15,18-21H2,1-9H3/b22-13+,23-17+,24-16+. The van der Waals surface area contributed by atoms with Crippen molar-refractivity contribution in [3.05, 3.63) is 68.3 Å². The monoisotopic (exact) mass is 454 g/mol. The Bertz CT molecular complexity index is 836. The smallest absolute Gasteiger partial charge is 0.0639 e. The van der Waals surface area contributed by atoms with Crippen LogP contribution in [-0.2, 0) is 6.42 Å². The Morgan fingerprint density at radius 1 is 0.667 bits per heavy atom. The number of hydrogen-bond donors (Lipinski definition) is 2. The molecule has 0 radical (unpaired) electrons. The van der Waals surface area contributed by atoms with Crippen molar-refractivity contribution in [3.63, 3.8) is 0 Å². The predicted octanol–water partition coefficient (Wildman–Crippen LogP) is 8.08. The van der Waals surface area contributed by atoms with Gasteiger partial charge in [0.15, 0.2) is 0 Å². The molecule has 0 aromatic heterocycles. The van der Waals surface area contributed by atoms with Crippen molar-refractivity contribution < 1.29 is 10.2 Å². The van der Waals surface area contributed by atoms with Gasteiger partial charge in [-0.15, -0.1) is 0 Å². The lowest BCUT2D eigenvalue weighted by Gasteiger charge is -2.25. The lowest BCUT2D eigenvalue weighted by Crippen LogP contribution is -2.25. The second-order valence-corrected chi connectivity index (χ2v) is 10.5. The molecule has 0 aliphatic carbocycles. The van der Waals surface area contributed by atoms with E-state index in [1.807, 2.05) is 13.8 Å². The molecular formula is C31H50O2. The van der Waals surface area contributed by atoms with Gasteiger partial charge in [0.2, 0.25) is 0 Å². The third kappa shape index (κ3) is 10.0.